The minimum atomic E-state index is 0.0784. The molecule has 1 aromatic rings. The quantitative estimate of drug-likeness (QED) is 0.730. The van der Waals surface area contributed by atoms with E-state index in [9.17, 15) is 0 Å². The van der Waals surface area contributed by atoms with E-state index in [0.717, 1.165) is 24.1 Å². The molecule has 0 amide bonds. The van der Waals surface area contributed by atoms with Crippen LogP contribution >= 0.6 is 0 Å². The van der Waals surface area contributed by atoms with Gasteiger partial charge >= 0.3 is 0 Å². The minimum absolute atomic E-state index is 0.0784. The first-order valence-corrected chi connectivity index (χ1v) is 5.31. The monoisotopic (exact) mass is 206 g/mol. The van der Waals surface area contributed by atoms with Gasteiger partial charge in [0.25, 0.3) is 0 Å². The van der Waals surface area contributed by atoms with Crippen LogP contribution in [0.2, 0.25) is 0 Å². The number of rotatable bonds is 1. The van der Waals surface area contributed by atoms with Crippen LogP contribution in [0.4, 0.5) is 5.95 Å². The van der Waals surface area contributed by atoms with Gasteiger partial charge in [-0.05, 0) is 18.3 Å². The molecule has 0 radical (unpaired) electrons. The Bertz CT molecular complexity index is 373. The number of anilines is 1. The molecule has 1 aliphatic carbocycles. The van der Waals surface area contributed by atoms with Crippen molar-refractivity contribution in [3.8, 4) is 0 Å². The Morgan fingerprint density at radius 1 is 1.53 bits per heavy atom. The average Bonchev–Trinajstić information content (AvgIpc) is 2.14. The number of nitrogens with one attached hydrogen (secondary N) is 1. The Balaban J connectivity index is 2.42. The molecule has 2 rings (SSSR count). The molecule has 0 aromatic carbocycles. The molecule has 4 nitrogen and oxygen atoms in total. The summed E-state index contributed by atoms with van der Waals surface area (Å²) >= 11 is 0. The van der Waals surface area contributed by atoms with E-state index in [1.54, 1.807) is 0 Å². The number of hydrogen-bond donors (Lipinski definition) is 2. The zero-order valence-corrected chi connectivity index (χ0v) is 9.54. The number of aromatic nitrogens is 2. The molecule has 15 heavy (non-hydrogen) atoms. The largest absolute Gasteiger partial charge is 0.357 e. The molecule has 1 atom stereocenters. The van der Waals surface area contributed by atoms with Crippen molar-refractivity contribution in [1.82, 2.24) is 9.97 Å². The predicted molar refractivity (Wildman–Crippen MR) is 60.6 cm³/mol. The van der Waals surface area contributed by atoms with E-state index in [4.69, 9.17) is 5.73 Å². The zero-order valence-electron chi connectivity index (χ0n) is 9.54. The molecule has 82 valence electrons. The van der Waals surface area contributed by atoms with Crippen LogP contribution in [0.5, 0.6) is 0 Å². The summed E-state index contributed by atoms with van der Waals surface area (Å²) in [6, 6.07) is 0.0784. The first kappa shape index (κ1) is 10.4. The molecule has 0 spiro atoms. The normalized spacial score (nSPS) is 23.3. The van der Waals surface area contributed by atoms with Gasteiger partial charge in [0.2, 0.25) is 5.95 Å². The lowest BCUT2D eigenvalue weighted by molar-refractivity contribution is 0.278. The molecule has 1 unspecified atom stereocenters. The Morgan fingerprint density at radius 2 is 2.27 bits per heavy atom. The lowest BCUT2D eigenvalue weighted by atomic mass is 9.74. The van der Waals surface area contributed by atoms with Crippen molar-refractivity contribution in [1.29, 1.82) is 0 Å². The van der Waals surface area contributed by atoms with E-state index < -0.39 is 0 Å². The molecule has 1 aliphatic rings. The van der Waals surface area contributed by atoms with Crippen LogP contribution in [-0.4, -0.2) is 17.0 Å². The number of fused-ring (bicyclic) bond motifs is 1. The van der Waals surface area contributed by atoms with E-state index >= 15 is 0 Å². The summed E-state index contributed by atoms with van der Waals surface area (Å²) in [5.74, 6) is 0.679. The van der Waals surface area contributed by atoms with Crippen molar-refractivity contribution < 1.29 is 0 Å². The highest BCUT2D eigenvalue weighted by Gasteiger charge is 2.31. The van der Waals surface area contributed by atoms with E-state index in [1.807, 2.05) is 13.2 Å². The third kappa shape index (κ3) is 1.95. The molecule has 0 saturated heterocycles. The summed E-state index contributed by atoms with van der Waals surface area (Å²) in [6.07, 6.45) is 3.84. The van der Waals surface area contributed by atoms with Crippen molar-refractivity contribution in [2.24, 2.45) is 11.1 Å². The molecule has 0 fully saturated rings. The Labute approximate surface area is 90.3 Å². The van der Waals surface area contributed by atoms with Crippen molar-refractivity contribution in [3.63, 3.8) is 0 Å². The van der Waals surface area contributed by atoms with Gasteiger partial charge in [0.05, 0.1) is 5.69 Å². The Morgan fingerprint density at radius 3 is 2.93 bits per heavy atom. The maximum absolute atomic E-state index is 6.11. The highest BCUT2D eigenvalue weighted by atomic mass is 15.1. The number of hydrogen-bond acceptors (Lipinski definition) is 4. The molecular weight excluding hydrogens is 188 g/mol. The molecule has 1 heterocycles. The fourth-order valence-corrected chi connectivity index (χ4v) is 2.23. The van der Waals surface area contributed by atoms with Crippen LogP contribution in [0.25, 0.3) is 0 Å². The lowest BCUT2D eigenvalue weighted by Crippen LogP contribution is -2.30. The van der Waals surface area contributed by atoms with Gasteiger partial charge < -0.3 is 11.1 Å². The van der Waals surface area contributed by atoms with E-state index in [0.29, 0.717) is 5.95 Å². The fourth-order valence-electron chi connectivity index (χ4n) is 2.23. The Kier molecular flexibility index (Phi) is 2.38. The molecular formula is C11H18N4. The van der Waals surface area contributed by atoms with Gasteiger partial charge in [-0.15, -0.1) is 0 Å². The predicted octanol–water partition coefficient (Wildman–Crippen LogP) is 1.49. The zero-order chi connectivity index (χ0) is 11.1. The smallest absolute Gasteiger partial charge is 0.222 e. The van der Waals surface area contributed by atoms with Crippen molar-refractivity contribution in [2.45, 2.75) is 32.7 Å². The fraction of sp³-hybridized carbons (Fsp3) is 0.636. The summed E-state index contributed by atoms with van der Waals surface area (Å²) < 4.78 is 0. The first-order valence-electron chi connectivity index (χ1n) is 5.31. The van der Waals surface area contributed by atoms with Gasteiger partial charge in [-0.1, -0.05) is 13.8 Å². The van der Waals surface area contributed by atoms with Gasteiger partial charge in [0.15, 0.2) is 0 Å². The SMILES string of the molecule is CNc1ncc2c(n1)CC(C)(C)CC2N. The second-order valence-corrected chi connectivity index (χ2v) is 5.00. The summed E-state index contributed by atoms with van der Waals surface area (Å²) in [5, 5.41) is 2.96. The molecule has 4 heteroatoms. The molecule has 0 aliphatic heterocycles. The Hall–Kier alpha value is -1.16. The summed E-state index contributed by atoms with van der Waals surface area (Å²) in [7, 11) is 1.83. The average molecular weight is 206 g/mol. The maximum Gasteiger partial charge on any atom is 0.222 e. The van der Waals surface area contributed by atoms with Crippen LogP contribution in [-0.2, 0) is 6.42 Å². The molecule has 0 bridgehead atoms. The standard InChI is InChI=1S/C11H18N4/c1-11(2)4-8(12)7-6-14-10(13-3)15-9(7)5-11/h6,8H,4-5,12H2,1-3H3,(H,13,14,15). The third-order valence-electron chi connectivity index (χ3n) is 2.94. The minimum Gasteiger partial charge on any atom is -0.357 e. The van der Waals surface area contributed by atoms with Gasteiger partial charge in [-0.25, -0.2) is 9.97 Å². The van der Waals surface area contributed by atoms with Crippen molar-refractivity contribution in [2.75, 3.05) is 12.4 Å². The van der Waals surface area contributed by atoms with Crippen molar-refractivity contribution >= 4 is 5.95 Å². The van der Waals surface area contributed by atoms with Gasteiger partial charge in [-0.2, -0.15) is 0 Å². The second-order valence-electron chi connectivity index (χ2n) is 5.00. The second kappa shape index (κ2) is 3.45. The topological polar surface area (TPSA) is 63.8 Å². The highest BCUT2D eigenvalue weighted by molar-refractivity contribution is 5.33. The van der Waals surface area contributed by atoms with E-state index in [2.05, 4.69) is 29.1 Å². The van der Waals surface area contributed by atoms with Crippen LogP contribution < -0.4 is 11.1 Å². The van der Waals surface area contributed by atoms with Crippen LogP contribution in [0, 0.1) is 5.41 Å². The van der Waals surface area contributed by atoms with Crippen LogP contribution in [0.1, 0.15) is 37.6 Å². The van der Waals surface area contributed by atoms with E-state index in [1.165, 1.54) is 0 Å². The first-order chi connectivity index (χ1) is 7.02. The van der Waals surface area contributed by atoms with Crippen LogP contribution in [0.3, 0.4) is 0 Å². The van der Waals surface area contributed by atoms with Gasteiger partial charge in [0, 0.05) is 24.8 Å². The summed E-state index contributed by atoms with van der Waals surface area (Å²) in [6.45, 7) is 4.47. The lowest BCUT2D eigenvalue weighted by Gasteiger charge is -2.34. The maximum atomic E-state index is 6.11. The van der Waals surface area contributed by atoms with Gasteiger partial charge in [0.1, 0.15) is 0 Å². The molecule has 1 aromatic heterocycles. The van der Waals surface area contributed by atoms with E-state index in [-0.39, 0.29) is 11.5 Å². The summed E-state index contributed by atoms with van der Waals surface area (Å²) in [4.78, 5) is 8.68. The number of nitrogens with two attached hydrogens (primary N) is 1. The van der Waals surface area contributed by atoms with Crippen LogP contribution in [0.15, 0.2) is 6.20 Å². The summed E-state index contributed by atoms with van der Waals surface area (Å²) in [5.41, 5.74) is 8.56. The van der Waals surface area contributed by atoms with Gasteiger partial charge in [-0.3, -0.25) is 0 Å². The molecule has 3 N–H and O–H groups in total. The molecule has 0 saturated carbocycles. The third-order valence-corrected chi connectivity index (χ3v) is 2.94. The van der Waals surface area contributed by atoms with Crippen molar-refractivity contribution in [3.05, 3.63) is 17.5 Å². The highest BCUT2D eigenvalue weighted by Crippen LogP contribution is 2.38. The number of nitrogens with zero attached hydrogens (tertiary/aromatic N) is 2.